The minimum Gasteiger partial charge on any atom is -0.322 e. The average molecular weight is 303 g/mol. The Morgan fingerprint density at radius 2 is 2.00 bits per heavy atom. The van der Waals surface area contributed by atoms with Crippen LogP contribution in [0.2, 0.25) is 0 Å². The number of hydrogen-bond donors (Lipinski definition) is 1. The highest BCUT2D eigenvalue weighted by Crippen LogP contribution is 2.36. The molecule has 1 fully saturated rings. The van der Waals surface area contributed by atoms with Crippen LogP contribution in [0, 0.1) is 0 Å². The zero-order chi connectivity index (χ0) is 11.8. The van der Waals surface area contributed by atoms with Crippen molar-refractivity contribution < 1.29 is 0 Å². The summed E-state index contributed by atoms with van der Waals surface area (Å²) in [7, 11) is 0. The number of hydrogen-bond acceptors (Lipinski definition) is 3. The first-order chi connectivity index (χ1) is 7.53. The Morgan fingerprint density at radius 3 is 2.50 bits per heavy atom. The van der Waals surface area contributed by atoms with Crippen LogP contribution in [0.5, 0.6) is 0 Å². The van der Waals surface area contributed by atoms with E-state index in [9.17, 15) is 0 Å². The molecule has 2 rings (SSSR count). The molecular formula is C12H19BrN2S. The van der Waals surface area contributed by atoms with Crippen LogP contribution in [-0.2, 0) is 0 Å². The van der Waals surface area contributed by atoms with Gasteiger partial charge >= 0.3 is 0 Å². The standard InChI is InChI=1S/C12H19BrN2S/c1-12(2,15-5-3-4-6-15)11(14)9-7-16-8-10(9)13/h7-8,11H,3-6,14H2,1-2H3. The molecule has 1 aliphatic rings. The van der Waals surface area contributed by atoms with Crippen molar-refractivity contribution in [1.29, 1.82) is 0 Å². The van der Waals surface area contributed by atoms with Crippen LogP contribution < -0.4 is 5.73 Å². The lowest BCUT2D eigenvalue weighted by Gasteiger charge is -2.40. The molecule has 4 heteroatoms. The van der Waals surface area contributed by atoms with Gasteiger partial charge in [0.15, 0.2) is 0 Å². The molecule has 2 nitrogen and oxygen atoms in total. The van der Waals surface area contributed by atoms with Gasteiger partial charge in [-0.25, -0.2) is 0 Å². The Bertz CT molecular complexity index is 356. The topological polar surface area (TPSA) is 29.3 Å². The average Bonchev–Trinajstić information content (AvgIpc) is 2.86. The van der Waals surface area contributed by atoms with Gasteiger partial charge in [-0.1, -0.05) is 0 Å². The lowest BCUT2D eigenvalue weighted by atomic mass is 9.89. The first kappa shape index (κ1) is 12.6. The number of nitrogens with two attached hydrogens (primary N) is 1. The second-order valence-corrected chi connectivity index (χ2v) is 6.60. The van der Waals surface area contributed by atoms with Crippen LogP contribution in [0.4, 0.5) is 0 Å². The van der Waals surface area contributed by atoms with Gasteiger partial charge in [-0.2, -0.15) is 11.3 Å². The van der Waals surface area contributed by atoms with E-state index in [-0.39, 0.29) is 11.6 Å². The Morgan fingerprint density at radius 1 is 1.38 bits per heavy atom. The van der Waals surface area contributed by atoms with Gasteiger partial charge in [-0.3, -0.25) is 4.90 Å². The van der Waals surface area contributed by atoms with Gasteiger partial charge in [0.1, 0.15) is 0 Å². The summed E-state index contributed by atoms with van der Waals surface area (Å²) in [6, 6.07) is 0.0752. The molecule has 1 saturated heterocycles. The summed E-state index contributed by atoms with van der Waals surface area (Å²) < 4.78 is 1.15. The van der Waals surface area contributed by atoms with Crippen molar-refractivity contribution in [3.05, 3.63) is 20.8 Å². The minimum absolute atomic E-state index is 0.0418. The van der Waals surface area contributed by atoms with Crippen LogP contribution in [-0.4, -0.2) is 23.5 Å². The summed E-state index contributed by atoms with van der Waals surface area (Å²) in [5.41, 5.74) is 7.71. The van der Waals surface area contributed by atoms with E-state index < -0.39 is 0 Å². The molecule has 1 aliphatic heterocycles. The predicted octanol–water partition coefficient (Wildman–Crippen LogP) is 3.38. The summed E-state index contributed by atoms with van der Waals surface area (Å²) in [5, 5.41) is 4.27. The molecule has 0 amide bonds. The Labute approximate surface area is 110 Å². The highest BCUT2D eigenvalue weighted by atomic mass is 79.9. The van der Waals surface area contributed by atoms with Crippen LogP contribution in [0.3, 0.4) is 0 Å². The Balaban J connectivity index is 2.19. The van der Waals surface area contributed by atoms with E-state index in [4.69, 9.17) is 5.73 Å². The van der Waals surface area contributed by atoms with E-state index in [1.807, 2.05) is 0 Å². The molecule has 1 atom stereocenters. The van der Waals surface area contributed by atoms with E-state index >= 15 is 0 Å². The largest absolute Gasteiger partial charge is 0.322 e. The van der Waals surface area contributed by atoms with Gasteiger partial charge in [-0.15, -0.1) is 0 Å². The van der Waals surface area contributed by atoms with Crippen LogP contribution >= 0.6 is 27.3 Å². The molecule has 2 heterocycles. The third-order valence-electron chi connectivity index (χ3n) is 3.66. The molecule has 1 aromatic rings. The number of halogens is 1. The van der Waals surface area contributed by atoms with Gasteiger partial charge in [0.25, 0.3) is 0 Å². The molecule has 0 radical (unpaired) electrons. The quantitative estimate of drug-likeness (QED) is 0.927. The lowest BCUT2D eigenvalue weighted by Crippen LogP contribution is -2.49. The predicted molar refractivity (Wildman–Crippen MR) is 73.8 cm³/mol. The minimum atomic E-state index is 0.0418. The van der Waals surface area contributed by atoms with Crippen molar-refractivity contribution in [2.45, 2.75) is 38.3 Å². The van der Waals surface area contributed by atoms with Crippen molar-refractivity contribution in [3.8, 4) is 0 Å². The van der Waals surface area contributed by atoms with Crippen LogP contribution in [0.1, 0.15) is 38.3 Å². The molecular weight excluding hydrogens is 284 g/mol. The van der Waals surface area contributed by atoms with Crippen molar-refractivity contribution in [2.24, 2.45) is 5.73 Å². The van der Waals surface area contributed by atoms with Gasteiger partial charge in [0.2, 0.25) is 0 Å². The monoisotopic (exact) mass is 302 g/mol. The molecule has 1 aromatic heterocycles. The van der Waals surface area contributed by atoms with E-state index in [1.54, 1.807) is 11.3 Å². The zero-order valence-corrected chi connectivity index (χ0v) is 12.3. The fourth-order valence-electron chi connectivity index (χ4n) is 2.38. The molecule has 0 bridgehead atoms. The first-order valence-electron chi connectivity index (χ1n) is 5.75. The highest BCUT2D eigenvalue weighted by molar-refractivity contribution is 9.10. The van der Waals surface area contributed by atoms with E-state index in [2.05, 4.69) is 45.4 Å². The summed E-state index contributed by atoms with van der Waals surface area (Å²) in [6.07, 6.45) is 2.61. The zero-order valence-electron chi connectivity index (χ0n) is 9.87. The third-order valence-corrected chi connectivity index (χ3v) is 5.41. The summed E-state index contributed by atoms with van der Waals surface area (Å²) in [4.78, 5) is 2.52. The van der Waals surface area contributed by atoms with Crippen molar-refractivity contribution in [2.75, 3.05) is 13.1 Å². The van der Waals surface area contributed by atoms with Crippen LogP contribution in [0.15, 0.2) is 15.2 Å². The smallest absolute Gasteiger partial charge is 0.0496 e. The van der Waals surface area contributed by atoms with E-state index in [1.165, 1.54) is 31.5 Å². The number of likely N-dealkylation sites (tertiary alicyclic amines) is 1. The second kappa shape index (κ2) is 4.77. The molecule has 16 heavy (non-hydrogen) atoms. The van der Waals surface area contributed by atoms with Gasteiger partial charge < -0.3 is 5.73 Å². The fraction of sp³-hybridized carbons (Fsp3) is 0.667. The second-order valence-electron chi connectivity index (χ2n) is 5.00. The highest BCUT2D eigenvalue weighted by Gasteiger charge is 2.36. The number of thiophene rings is 1. The molecule has 1 unspecified atom stereocenters. The van der Waals surface area contributed by atoms with Crippen molar-refractivity contribution in [3.63, 3.8) is 0 Å². The fourth-order valence-corrected chi connectivity index (χ4v) is 3.96. The molecule has 0 spiro atoms. The van der Waals surface area contributed by atoms with Gasteiger partial charge in [0, 0.05) is 21.4 Å². The number of rotatable bonds is 3. The summed E-state index contributed by atoms with van der Waals surface area (Å²) in [6.45, 7) is 6.88. The maximum Gasteiger partial charge on any atom is 0.0496 e. The third kappa shape index (κ3) is 2.21. The normalized spacial score (nSPS) is 20.2. The van der Waals surface area contributed by atoms with Crippen molar-refractivity contribution in [1.82, 2.24) is 4.90 Å². The van der Waals surface area contributed by atoms with E-state index in [0.29, 0.717) is 0 Å². The first-order valence-corrected chi connectivity index (χ1v) is 7.49. The van der Waals surface area contributed by atoms with Gasteiger partial charge in [0.05, 0.1) is 0 Å². The summed E-state index contributed by atoms with van der Waals surface area (Å²) >= 11 is 5.29. The molecule has 0 aromatic carbocycles. The molecule has 2 N–H and O–H groups in total. The summed E-state index contributed by atoms with van der Waals surface area (Å²) in [5.74, 6) is 0. The van der Waals surface area contributed by atoms with Gasteiger partial charge in [-0.05, 0) is 66.7 Å². The number of nitrogens with zero attached hydrogens (tertiary/aromatic N) is 1. The van der Waals surface area contributed by atoms with Crippen molar-refractivity contribution >= 4 is 27.3 Å². The molecule has 0 aliphatic carbocycles. The maximum atomic E-state index is 6.43. The Hall–Kier alpha value is 0.1000. The lowest BCUT2D eigenvalue weighted by molar-refractivity contribution is 0.124. The maximum absolute atomic E-state index is 6.43. The molecule has 0 saturated carbocycles. The van der Waals surface area contributed by atoms with E-state index in [0.717, 1.165) is 4.47 Å². The SMILES string of the molecule is CC(C)(C(N)c1cscc1Br)N1CCCC1. The Kier molecular flexibility index (Phi) is 3.74. The van der Waals surface area contributed by atoms with Crippen LogP contribution in [0.25, 0.3) is 0 Å². The molecule has 90 valence electrons.